The molecule has 0 aliphatic carbocycles. The van der Waals surface area contributed by atoms with E-state index in [0.717, 1.165) is 26.2 Å². The number of piperazine rings is 1. The summed E-state index contributed by atoms with van der Waals surface area (Å²) in [4.78, 5) is 13.6. The van der Waals surface area contributed by atoms with Gasteiger partial charge in [0.1, 0.15) is 6.04 Å². The van der Waals surface area contributed by atoms with Gasteiger partial charge >= 0.3 is 5.97 Å². The zero-order chi connectivity index (χ0) is 12.1. The number of esters is 1. The smallest absolute Gasteiger partial charge is 0.322 e. The predicted octanol–water partition coefficient (Wildman–Crippen LogP) is 1.22. The largest absolute Gasteiger partial charge is 0.468 e. The van der Waals surface area contributed by atoms with Crippen molar-refractivity contribution in [3.05, 3.63) is 0 Å². The van der Waals surface area contributed by atoms with E-state index in [1.807, 2.05) is 18.9 Å². The third-order valence-corrected chi connectivity index (χ3v) is 3.81. The molecule has 0 saturated carbocycles. The van der Waals surface area contributed by atoms with Crippen LogP contribution in [0.5, 0.6) is 0 Å². The average molecular weight is 246 g/mol. The second kappa shape index (κ2) is 6.47. The Kier molecular flexibility index (Phi) is 5.58. The molecule has 1 heterocycles. The Balaban J connectivity index is 2.34. The summed E-state index contributed by atoms with van der Waals surface area (Å²) in [5.41, 5.74) is 0. The van der Waals surface area contributed by atoms with Gasteiger partial charge in [-0.05, 0) is 6.92 Å². The monoisotopic (exact) mass is 246 g/mol. The number of rotatable bonds is 4. The van der Waals surface area contributed by atoms with Crippen LogP contribution >= 0.6 is 11.9 Å². The van der Waals surface area contributed by atoms with Gasteiger partial charge in [0.25, 0.3) is 0 Å². The summed E-state index contributed by atoms with van der Waals surface area (Å²) in [6.45, 7) is 10.2. The van der Waals surface area contributed by atoms with Crippen LogP contribution in [0.3, 0.4) is 0 Å². The number of ether oxygens (including phenoxy) is 1. The van der Waals surface area contributed by atoms with Gasteiger partial charge in [0.05, 0.1) is 7.11 Å². The van der Waals surface area contributed by atoms with Crippen LogP contribution in [0, 0.1) is 0 Å². The molecule has 5 heteroatoms. The molecule has 0 aromatic heterocycles. The minimum Gasteiger partial charge on any atom is -0.468 e. The van der Waals surface area contributed by atoms with Crippen molar-refractivity contribution in [2.75, 3.05) is 33.3 Å². The van der Waals surface area contributed by atoms with Crippen LogP contribution in [0.15, 0.2) is 0 Å². The lowest BCUT2D eigenvalue weighted by molar-refractivity contribution is -0.146. The third-order valence-electron chi connectivity index (χ3n) is 2.72. The molecule has 1 saturated heterocycles. The highest BCUT2D eigenvalue weighted by Gasteiger charge is 2.26. The zero-order valence-electron chi connectivity index (χ0n) is 10.6. The van der Waals surface area contributed by atoms with Gasteiger partial charge in [0, 0.05) is 31.4 Å². The number of nitrogens with zero attached hydrogens (tertiary/aromatic N) is 2. The van der Waals surface area contributed by atoms with E-state index in [9.17, 15) is 4.79 Å². The van der Waals surface area contributed by atoms with Crippen molar-refractivity contribution in [3.63, 3.8) is 0 Å². The van der Waals surface area contributed by atoms with E-state index < -0.39 is 0 Å². The number of hydrogen-bond donors (Lipinski definition) is 0. The first-order chi connectivity index (χ1) is 7.54. The molecule has 1 aliphatic rings. The second-order valence-electron chi connectivity index (χ2n) is 4.32. The Hall–Kier alpha value is -0.260. The molecule has 0 radical (unpaired) electrons. The molecular formula is C11H22N2O2S. The van der Waals surface area contributed by atoms with E-state index in [4.69, 9.17) is 4.74 Å². The van der Waals surface area contributed by atoms with Gasteiger partial charge in [-0.1, -0.05) is 25.8 Å². The van der Waals surface area contributed by atoms with Crippen LogP contribution in [0.4, 0.5) is 0 Å². The molecule has 0 spiro atoms. The van der Waals surface area contributed by atoms with Crippen molar-refractivity contribution in [3.8, 4) is 0 Å². The van der Waals surface area contributed by atoms with Crippen molar-refractivity contribution in [1.82, 2.24) is 9.21 Å². The Morgan fingerprint density at radius 3 is 2.19 bits per heavy atom. The molecule has 1 fully saturated rings. The van der Waals surface area contributed by atoms with Gasteiger partial charge in [-0.15, -0.1) is 0 Å². The highest BCUT2D eigenvalue weighted by atomic mass is 32.2. The van der Waals surface area contributed by atoms with Gasteiger partial charge in [-0.25, -0.2) is 4.31 Å². The molecule has 94 valence electrons. The fraction of sp³-hybridized carbons (Fsp3) is 0.909. The molecule has 1 rings (SSSR count). The average Bonchev–Trinajstić information content (AvgIpc) is 2.27. The van der Waals surface area contributed by atoms with E-state index in [1.54, 1.807) is 0 Å². The van der Waals surface area contributed by atoms with Crippen LogP contribution in [0.1, 0.15) is 20.8 Å². The van der Waals surface area contributed by atoms with E-state index in [1.165, 1.54) is 7.11 Å². The SMILES string of the molecule is COC(=O)C(C)N1CCN(SC(C)C)CC1. The Morgan fingerprint density at radius 1 is 1.19 bits per heavy atom. The van der Waals surface area contributed by atoms with Gasteiger partial charge in [-0.2, -0.15) is 0 Å². The molecule has 0 bridgehead atoms. The standard InChI is InChI=1S/C11H22N2O2S/c1-9(2)16-13-7-5-12(6-8-13)10(3)11(14)15-4/h9-10H,5-8H2,1-4H3. The van der Waals surface area contributed by atoms with Crippen molar-refractivity contribution in [2.24, 2.45) is 0 Å². The summed E-state index contributed by atoms with van der Waals surface area (Å²) >= 11 is 1.89. The normalized spacial score (nSPS) is 21.1. The molecule has 0 amide bonds. The molecule has 4 nitrogen and oxygen atoms in total. The first-order valence-electron chi connectivity index (χ1n) is 5.78. The predicted molar refractivity (Wildman–Crippen MR) is 67.4 cm³/mol. The minimum atomic E-state index is -0.134. The number of carbonyl (C=O) groups is 1. The zero-order valence-corrected chi connectivity index (χ0v) is 11.4. The first-order valence-corrected chi connectivity index (χ1v) is 6.62. The van der Waals surface area contributed by atoms with Crippen molar-refractivity contribution >= 4 is 17.9 Å². The summed E-state index contributed by atoms with van der Waals surface area (Å²) in [6, 6.07) is -0.115. The number of hydrogen-bond acceptors (Lipinski definition) is 5. The van der Waals surface area contributed by atoms with Gasteiger partial charge < -0.3 is 4.74 Å². The van der Waals surface area contributed by atoms with Crippen molar-refractivity contribution in [1.29, 1.82) is 0 Å². The van der Waals surface area contributed by atoms with Gasteiger partial charge in [0.15, 0.2) is 0 Å². The fourth-order valence-corrected chi connectivity index (χ4v) is 2.78. The lowest BCUT2D eigenvalue weighted by Gasteiger charge is -2.36. The molecular weight excluding hydrogens is 224 g/mol. The van der Waals surface area contributed by atoms with E-state index in [2.05, 4.69) is 23.1 Å². The molecule has 1 atom stereocenters. The first kappa shape index (κ1) is 13.8. The second-order valence-corrected chi connectivity index (χ2v) is 5.99. The molecule has 1 aliphatic heterocycles. The minimum absolute atomic E-state index is 0.115. The summed E-state index contributed by atoms with van der Waals surface area (Å²) in [7, 11) is 1.45. The van der Waals surface area contributed by atoms with Crippen molar-refractivity contribution < 1.29 is 9.53 Å². The lowest BCUT2D eigenvalue weighted by atomic mass is 10.2. The van der Waals surface area contributed by atoms with E-state index >= 15 is 0 Å². The van der Waals surface area contributed by atoms with Crippen LogP contribution < -0.4 is 0 Å². The van der Waals surface area contributed by atoms with Crippen LogP contribution in [0.25, 0.3) is 0 Å². The summed E-state index contributed by atoms with van der Waals surface area (Å²) < 4.78 is 7.14. The summed E-state index contributed by atoms with van der Waals surface area (Å²) in [6.07, 6.45) is 0. The van der Waals surface area contributed by atoms with E-state index in [0.29, 0.717) is 5.25 Å². The summed E-state index contributed by atoms with van der Waals surface area (Å²) in [5.74, 6) is -0.134. The quantitative estimate of drug-likeness (QED) is 0.550. The maximum absolute atomic E-state index is 11.4. The van der Waals surface area contributed by atoms with Crippen LogP contribution in [-0.4, -0.2) is 59.8 Å². The van der Waals surface area contributed by atoms with Crippen molar-refractivity contribution in [2.45, 2.75) is 32.1 Å². The Bertz CT molecular complexity index is 228. The Morgan fingerprint density at radius 2 is 1.75 bits per heavy atom. The highest BCUT2D eigenvalue weighted by molar-refractivity contribution is 7.97. The number of carbonyl (C=O) groups excluding carboxylic acids is 1. The molecule has 0 aromatic carbocycles. The molecule has 0 aromatic rings. The number of methoxy groups -OCH3 is 1. The maximum Gasteiger partial charge on any atom is 0.322 e. The lowest BCUT2D eigenvalue weighted by Crippen LogP contribution is -2.50. The van der Waals surface area contributed by atoms with Gasteiger partial charge in [-0.3, -0.25) is 9.69 Å². The molecule has 16 heavy (non-hydrogen) atoms. The molecule has 0 N–H and O–H groups in total. The Labute approximate surface area is 102 Å². The van der Waals surface area contributed by atoms with E-state index in [-0.39, 0.29) is 12.0 Å². The summed E-state index contributed by atoms with van der Waals surface area (Å²) in [5, 5.41) is 0.629. The molecule has 1 unspecified atom stereocenters. The van der Waals surface area contributed by atoms with Crippen LogP contribution in [0.2, 0.25) is 0 Å². The topological polar surface area (TPSA) is 32.8 Å². The van der Waals surface area contributed by atoms with Crippen LogP contribution in [-0.2, 0) is 9.53 Å². The fourth-order valence-electron chi connectivity index (χ4n) is 1.81. The maximum atomic E-state index is 11.4. The highest BCUT2D eigenvalue weighted by Crippen LogP contribution is 2.19. The van der Waals surface area contributed by atoms with Gasteiger partial charge in [0.2, 0.25) is 0 Å². The third kappa shape index (κ3) is 3.96.